The topological polar surface area (TPSA) is 435 Å². The van der Waals surface area contributed by atoms with Crippen LogP contribution in [0.25, 0.3) is 0 Å². The molecule has 33 nitrogen and oxygen atoms in total. The van der Waals surface area contributed by atoms with Crippen LogP contribution in [0, 0.1) is 29.1 Å². The van der Waals surface area contributed by atoms with Crippen LogP contribution < -0.4 is 53.2 Å². The van der Waals surface area contributed by atoms with Crippen molar-refractivity contribution in [2.75, 3.05) is 102 Å². The zero-order valence-electron chi connectivity index (χ0n) is 64.7. The second-order valence-corrected chi connectivity index (χ2v) is 28.6. The molecule has 1 fully saturated rings. The van der Waals surface area contributed by atoms with Gasteiger partial charge in [0, 0.05) is 93.2 Å². The van der Waals surface area contributed by atoms with Gasteiger partial charge in [0.15, 0.2) is 0 Å². The number of esters is 1. The van der Waals surface area contributed by atoms with Gasteiger partial charge in [0.05, 0.1) is 62.4 Å². The van der Waals surface area contributed by atoms with E-state index in [-0.39, 0.29) is 118 Å². The summed E-state index contributed by atoms with van der Waals surface area (Å²) in [7, 11) is 9.70. The van der Waals surface area contributed by atoms with Crippen molar-refractivity contribution in [2.24, 2.45) is 29.1 Å². The van der Waals surface area contributed by atoms with Gasteiger partial charge in [-0.05, 0) is 75.4 Å². The molecular formula is C72H121N13O20. The molecule has 0 aliphatic carbocycles. The molecule has 1 aliphatic heterocycles. The van der Waals surface area contributed by atoms with Crippen molar-refractivity contribution in [3.05, 3.63) is 35.9 Å². The molecule has 0 spiro atoms. The maximum absolute atomic E-state index is 14.6. The first-order valence-corrected chi connectivity index (χ1v) is 36.1. The second-order valence-electron chi connectivity index (χ2n) is 28.6. The van der Waals surface area contributed by atoms with Crippen LogP contribution in [0.3, 0.4) is 0 Å². The zero-order chi connectivity index (χ0) is 79.3. The van der Waals surface area contributed by atoms with Crippen LogP contribution in [0.5, 0.6) is 0 Å². The average molecular weight is 1490 g/mol. The maximum Gasteiger partial charge on any atom is 0.407 e. The molecule has 2 rings (SSSR count). The summed E-state index contributed by atoms with van der Waals surface area (Å²) in [6, 6.07) is 1.36. The minimum absolute atomic E-state index is 0.00681. The molecule has 0 aromatic heterocycles. The van der Waals surface area contributed by atoms with Crippen LogP contribution >= 0.6 is 0 Å². The number of carboxylic acids is 1. The number of nitrogens with zero attached hydrogens (tertiary/aromatic N) is 3. The summed E-state index contributed by atoms with van der Waals surface area (Å²) < 4.78 is 27.5. The number of methoxy groups -OCH3 is 3. The number of amides is 12. The molecule has 11 N–H and O–H groups in total. The fourth-order valence-corrected chi connectivity index (χ4v) is 12.1. The summed E-state index contributed by atoms with van der Waals surface area (Å²) in [6.07, 6.45) is -1.88. The fraction of sp³-hybridized carbons (Fsp3) is 0.722. The molecule has 33 heteroatoms. The number of aliphatic carboxylic acids is 1. The molecule has 1 aliphatic rings. The number of likely N-dealkylation sites (N-methyl/N-ethyl adjacent to an activating group) is 2. The number of carbonyl (C=O) groups excluding carboxylic acids is 13. The molecule has 12 amide bonds. The van der Waals surface area contributed by atoms with Gasteiger partial charge >= 0.3 is 18.0 Å². The van der Waals surface area contributed by atoms with Gasteiger partial charge in [-0.3, -0.25) is 57.6 Å². The molecule has 12 atom stereocenters. The minimum Gasteiger partial charge on any atom is -0.480 e. The van der Waals surface area contributed by atoms with Crippen LogP contribution in [0.1, 0.15) is 146 Å². The lowest BCUT2D eigenvalue weighted by atomic mass is 9.89. The Morgan fingerprint density at radius 1 is 0.629 bits per heavy atom. The monoisotopic (exact) mass is 1490 g/mol. The standard InChI is InChI=1S/C72H121N13O20/c1-18-45(6)62(84(14)68(96)60(43(2)3)82-67(95)61(44(4)5)83(12)13)53(102-16)39-59(91)85-35-22-26-52(85)63(103-17)46(7)64(92)81-50(38-48-24-20-19-21-25-48)65(93)74-31-23-36-104-70(99)47(8)78-55(87)28-27-49(69(97)98)79-56(88)30-33-76-71(100)105-42-51(66(94)75-34-37-101-15)80-58(90)41-77-54(86)29-32-73-57(89)40-72(9,10)11/h19-21,24-25,43-47,49-53,60-63H,18,22-23,26-42H2,1-17H3,(H,73,89)(H,74,93)(H,75,94)(H,76,100)(H,77,86)(H,78,87)(H,79,88)(H,80,90)(H,81,92)(H,82,95)(H,97,98)/t45-,46+,47?,49?,50-,51?,52-,53+,60?,61-,62-,63+/m0/s1. The summed E-state index contributed by atoms with van der Waals surface area (Å²) in [6.45, 7) is 19.1. The minimum atomic E-state index is -1.56. The van der Waals surface area contributed by atoms with Crippen molar-refractivity contribution in [1.82, 2.24) is 67.9 Å². The normalized spacial score (nSPS) is 16.0. The van der Waals surface area contributed by atoms with Crippen molar-refractivity contribution in [1.29, 1.82) is 0 Å². The van der Waals surface area contributed by atoms with Crippen LogP contribution in [0.2, 0.25) is 0 Å². The largest absolute Gasteiger partial charge is 0.480 e. The lowest BCUT2D eigenvalue weighted by Gasteiger charge is -2.41. The highest BCUT2D eigenvalue weighted by atomic mass is 16.6. The van der Waals surface area contributed by atoms with E-state index in [0.717, 1.165) is 5.56 Å². The molecule has 4 unspecified atom stereocenters. The average Bonchev–Trinajstić information content (AvgIpc) is 1.75. The number of rotatable bonds is 48. The first kappa shape index (κ1) is 92.5. The number of carboxylic acid groups (broad SMARTS) is 1. The summed E-state index contributed by atoms with van der Waals surface area (Å²) in [5.74, 6) is -9.37. The van der Waals surface area contributed by atoms with E-state index >= 15 is 0 Å². The number of likely N-dealkylation sites (tertiary alicyclic amines) is 1. The van der Waals surface area contributed by atoms with Crippen molar-refractivity contribution < 1.29 is 95.9 Å². The quantitative estimate of drug-likeness (QED) is 0.0316. The number of ether oxygens (including phenoxy) is 5. The molecule has 1 aromatic carbocycles. The van der Waals surface area contributed by atoms with Gasteiger partial charge < -0.3 is 91.8 Å². The van der Waals surface area contributed by atoms with Gasteiger partial charge in [0.2, 0.25) is 65.0 Å². The van der Waals surface area contributed by atoms with E-state index in [1.54, 1.807) is 35.9 Å². The Bertz CT molecular complexity index is 2980. The first-order valence-electron chi connectivity index (χ1n) is 36.1. The number of hydrogen-bond donors (Lipinski definition) is 11. The van der Waals surface area contributed by atoms with Crippen molar-refractivity contribution >= 4 is 83.0 Å². The smallest absolute Gasteiger partial charge is 0.407 e. The fourth-order valence-electron chi connectivity index (χ4n) is 12.1. The molecule has 1 aromatic rings. The third-order valence-corrected chi connectivity index (χ3v) is 17.8. The van der Waals surface area contributed by atoms with E-state index in [1.807, 2.05) is 99.5 Å². The lowest BCUT2D eigenvalue weighted by Crippen LogP contribution is -2.59. The Kier molecular flexibility index (Phi) is 42.1. The van der Waals surface area contributed by atoms with E-state index in [9.17, 15) is 72.2 Å². The van der Waals surface area contributed by atoms with Crippen molar-refractivity contribution in [2.45, 2.75) is 207 Å². The molecule has 105 heavy (non-hydrogen) atoms. The number of hydrogen-bond acceptors (Lipinski definition) is 20. The van der Waals surface area contributed by atoms with Gasteiger partial charge in [0.1, 0.15) is 36.8 Å². The molecular weight excluding hydrogens is 1370 g/mol. The van der Waals surface area contributed by atoms with Crippen LogP contribution in [-0.2, 0) is 92.4 Å². The third kappa shape index (κ3) is 34.0. The molecule has 0 bridgehead atoms. The Hall–Kier alpha value is -8.56. The highest BCUT2D eigenvalue weighted by Gasteiger charge is 2.44. The van der Waals surface area contributed by atoms with Crippen LogP contribution in [0.15, 0.2) is 30.3 Å². The van der Waals surface area contributed by atoms with Gasteiger partial charge in [-0.15, -0.1) is 0 Å². The van der Waals surface area contributed by atoms with Crippen LogP contribution in [-0.4, -0.2) is 265 Å². The van der Waals surface area contributed by atoms with Gasteiger partial charge in [-0.1, -0.05) is 106 Å². The Labute approximate surface area is 618 Å². The number of nitrogens with one attached hydrogen (secondary N) is 10. The summed E-state index contributed by atoms with van der Waals surface area (Å²) in [5, 5.41) is 35.4. The Morgan fingerprint density at radius 3 is 1.84 bits per heavy atom. The Balaban J connectivity index is 1.97. The van der Waals surface area contributed by atoms with E-state index in [0.29, 0.717) is 25.8 Å². The molecule has 1 saturated heterocycles. The zero-order valence-corrected chi connectivity index (χ0v) is 64.7. The second kappa shape index (κ2) is 47.8. The first-order chi connectivity index (χ1) is 49.4. The predicted molar refractivity (Wildman–Crippen MR) is 388 cm³/mol. The Morgan fingerprint density at radius 2 is 1.25 bits per heavy atom. The summed E-state index contributed by atoms with van der Waals surface area (Å²) in [5.41, 5.74) is 0.496. The molecule has 0 saturated carbocycles. The predicted octanol–water partition coefficient (Wildman–Crippen LogP) is 0.687. The van der Waals surface area contributed by atoms with Gasteiger partial charge in [0.25, 0.3) is 0 Å². The van der Waals surface area contributed by atoms with Crippen molar-refractivity contribution in [3.63, 3.8) is 0 Å². The van der Waals surface area contributed by atoms with Gasteiger partial charge in [-0.2, -0.15) is 0 Å². The van der Waals surface area contributed by atoms with Gasteiger partial charge in [-0.25, -0.2) is 14.4 Å². The van der Waals surface area contributed by atoms with E-state index in [1.165, 1.54) is 28.3 Å². The van der Waals surface area contributed by atoms with Crippen molar-refractivity contribution in [3.8, 4) is 0 Å². The molecule has 0 radical (unpaired) electrons. The third-order valence-electron chi connectivity index (χ3n) is 17.8. The number of carbonyl (C=O) groups is 14. The molecule has 594 valence electrons. The van der Waals surface area contributed by atoms with E-state index in [2.05, 4.69) is 53.2 Å². The number of alkyl carbamates (subject to hydrolysis) is 1. The van der Waals surface area contributed by atoms with E-state index in [4.69, 9.17) is 23.7 Å². The maximum atomic E-state index is 14.6. The van der Waals surface area contributed by atoms with Crippen LogP contribution in [0.4, 0.5) is 4.79 Å². The number of benzene rings is 1. The lowest BCUT2D eigenvalue weighted by molar-refractivity contribution is -0.148. The SMILES string of the molecule is CC[C@H](C)[C@@H]([C@@H](CC(=O)N1CCC[C@H]1[C@H](OC)[C@@H](C)C(=O)N[C@@H](Cc1ccccc1)C(=O)NCCCOC(=O)C(C)NC(=O)CCC(NC(=O)CCNC(=O)OCC(NC(=O)CNC(=O)CCNC(=O)CC(C)(C)C)C(=O)NCCOC)C(=O)O)OC)N(C)C(=O)C(NC(=O)[C@H](C(C)C)N(C)C)C(C)C. The highest BCUT2D eigenvalue weighted by molar-refractivity contribution is 5.93. The summed E-state index contributed by atoms with van der Waals surface area (Å²) in [4.78, 5) is 189. The van der Waals surface area contributed by atoms with E-state index < -0.39 is 158 Å². The highest BCUT2D eigenvalue weighted by Crippen LogP contribution is 2.30. The summed E-state index contributed by atoms with van der Waals surface area (Å²) >= 11 is 0. The molecule has 1 heterocycles.